The van der Waals surface area contributed by atoms with Crippen LogP contribution in [0.25, 0.3) is 10.2 Å². The van der Waals surface area contributed by atoms with Crippen molar-refractivity contribution in [1.29, 1.82) is 0 Å². The summed E-state index contributed by atoms with van der Waals surface area (Å²) in [6.07, 6.45) is 0.271. The molecule has 1 aromatic carbocycles. The predicted octanol–water partition coefficient (Wildman–Crippen LogP) is 2.89. The molecule has 0 spiro atoms. The Hall–Kier alpha value is -2.80. The SMILES string of the molecule is Cc1c(C(=O)C=O)c(C)n(C)c1C(=O)Nc1ccc2scnc2c1. The summed E-state index contributed by atoms with van der Waals surface area (Å²) in [5, 5.41) is 2.82. The molecule has 0 aliphatic heterocycles. The van der Waals surface area contributed by atoms with E-state index in [1.54, 1.807) is 43.1 Å². The highest BCUT2D eigenvalue weighted by Gasteiger charge is 2.24. The van der Waals surface area contributed by atoms with Crippen molar-refractivity contribution in [2.24, 2.45) is 7.05 Å². The number of anilines is 1. The molecule has 7 heteroatoms. The molecule has 122 valence electrons. The molecule has 1 N–H and O–H groups in total. The van der Waals surface area contributed by atoms with Gasteiger partial charge in [-0.05, 0) is 37.6 Å². The van der Waals surface area contributed by atoms with Crippen molar-refractivity contribution in [2.45, 2.75) is 13.8 Å². The molecule has 2 heterocycles. The molecule has 0 aliphatic carbocycles. The first kappa shape index (κ1) is 16.1. The Kier molecular flexibility index (Phi) is 4.02. The number of aromatic nitrogens is 2. The summed E-state index contributed by atoms with van der Waals surface area (Å²) in [4.78, 5) is 39.5. The summed E-state index contributed by atoms with van der Waals surface area (Å²) < 4.78 is 2.67. The average molecular weight is 341 g/mol. The molecule has 3 rings (SSSR count). The zero-order valence-electron chi connectivity index (χ0n) is 13.4. The van der Waals surface area contributed by atoms with Gasteiger partial charge in [0.25, 0.3) is 5.91 Å². The first-order chi connectivity index (χ1) is 11.4. The Morgan fingerprint density at radius 1 is 1.29 bits per heavy atom. The Bertz CT molecular complexity index is 985. The lowest BCUT2D eigenvalue weighted by molar-refractivity contribution is -0.104. The van der Waals surface area contributed by atoms with E-state index in [9.17, 15) is 14.4 Å². The number of thiazole rings is 1. The van der Waals surface area contributed by atoms with Gasteiger partial charge in [-0.15, -0.1) is 11.3 Å². The summed E-state index contributed by atoms with van der Waals surface area (Å²) in [6.45, 7) is 3.38. The Balaban J connectivity index is 1.98. The number of hydrogen-bond acceptors (Lipinski definition) is 5. The van der Waals surface area contributed by atoms with E-state index in [0.717, 1.165) is 10.2 Å². The van der Waals surface area contributed by atoms with Crippen molar-refractivity contribution in [2.75, 3.05) is 5.32 Å². The fourth-order valence-electron chi connectivity index (χ4n) is 2.85. The van der Waals surface area contributed by atoms with Crippen molar-refractivity contribution in [1.82, 2.24) is 9.55 Å². The molecule has 0 aliphatic rings. The van der Waals surface area contributed by atoms with E-state index in [4.69, 9.17) is 0 Å². The minimum Gasteiger partial charge on any atom is -0.343 e. The lowest BCUT2D eigenvalue weighted by atomic mass is 10.1. The number of ketones is 1. The quantitative estimate of drug-likeness (QED) is 0.449. The van der Waals surface area contributed by atoms with Crippen LogP contribution in [0.5, 0.6) is 0 Å². The second-order valence-electron chi connectivity index (χ2n) is 5.46. The summed E-state index contributed by atoms with van der Waals surface area (Å²) in [5.41, 5.74) is 4.92. The number of hydrogen-bond donors (Lipinski definition) is 1. The molecule has 0 fully saturated rings. The van der Waals surface area contributed by atoms with Gasteiger partial charge in [-0.2, -0.15) is 0 Å². The number of benzene rings is 1. The van der Waals surface area contributed by atoms with E-state index in [1.165, 1.54) is 11.3 Å². The Morgan fingerprint density at radius 2 is 2.04 bits per heavy atom. The third kappa shape index (κ3) is 2.52. The highest BCUT2D eigenvalue weighted by molar-refractivity contribution is 7.16. The number of Topliss-reactive ketones (excluding diaryl/α,β-unsaturated/α-hetero) is 1. The normalized spacial score (nSPS) is 10.8. The maximum atomic E-state index is 12.7. The number of nitrogens with one attached hydrogen (secondary N) is 1. The third-order valence-electron chi connectivity index (χ3n) is 4.09. The van der Waals surface area contributed by atoms with Crippen molar-refractivity contribution in [3.8, 4) is 0 Å². The number of rotatable bonds is 4. The van der Waals surface area contributed by atoms with Crippen molar-refractivity contribution >= 4 is 45.2 Å². The van der Waals surface area contributed by atoms with Crippen LogP contribution < -0.4 is 5.32 Å². The van der Waals surface area contributed by atoms with Gasteiger partial charge in [-0.1, -0.05) is 0 Å². The van der Waals surface area contributed by atoms with Crippen molar-refractivity contribution in [3.05, 3.63) is 46.2 Å². The van der Waals surface area contributed by atoms with Crippen LogP contribution in [0.1, 0.15) is 32.1 Å². The zero-order valence-corrected chi connectivity index (χ0v) is 14.2. The Morgan fingerprint density at radius 3 is 2.75 bits per heavy atom. The first-order valence-corrected chi connectivity index (χ1v) is 8.12. The molecule has 0 bridgehead atoms. The molecule has 0 unspecified atom stereocenters. The van der Waals surface area contributed by atoms with Crippen LogP contribution in [0.15, 0.2) is 23.7 Å². The summed E-state index contributed by atoms with van der Waals surface area (Å²) in [5.74, 6) is -0.957. The smallest absolute Gasteiger partial charge is 0.272 e. The van der Waals surface area contributed by atoms with E-state index in [0.29, 0.717) is 22.6 Å². The van der Waals surface area contributed by atoms with Gasteiger partial charge in [0.2, 0.25) is 5.78 Å². The number of carbonyl (C=O) groups is 3. The van der Waals surface area contributed by atoms with Gasteiger partial charge in [-0.25, -0.2) is 4.98 Å². The Labute approximate surface area is 142 Å². The van der Waals surface area contributed by atoms with E-state index >= 15 is 0 Å². The second kappa shape index (κ2) is 6.01. The van der Waals surface area contributed by atoms with E-state index in [-0.39, 0.29) is 17.8 Å². The maximum Gasteiger partial charge on any atom is 0.272 e. The van der Waals surface area contributed by atoms with E-state index in [2.05, 4.69) is 10.3 Å². The topological polar surface area (TPSA) is 81.1 Å². The molecule has 1 amide bonds. The molecule has 0 saturated carbocycles. The lowest BCUT2D eigenvalue weighted by Crippen LogP contribution is -2.17. The first-order valence-electron chi connectivity index (χ1n) is 7.24. The molecule has 2 aromatic heterocycles. The van der Waals surface area contributed by atoms with Gasteiger partial charge >= 0.3 is 0 Å². The molecular weight excluding hydrogens is 326 g/mol. The van der Waals surface area contributed by atoms with Gasteiger partial charge in [0, 0.05) is 24.0 Å². The van der Waals surface area contributed by atoms with E-state index < -0.39 is 5.78 Å². The largest absolute Gasteiger partial charge is 0.343 e. The fraction of sp³-hybridized carbons (Fsp3) is 0.176. The van der Waals surface area contributed by atoms with Gasteiger partial charge < -0.3 is 9.88 Å². The zero-order chi connectivity index (χ0) is 17.4. The number of carbonyl (C=O) groups excluding carboxylic acids is 3. The number of amides is 1. The summed E-state index contributed by atoms with van der Waals surface area (Å²) in [6, 6.07) is 5.50. The van der Waals surface area contributed by atoms with Crippen LogP contribution >= 0.6 is 11.3 Å². The minimum absolute atomic E-state index is 0.271. The monoisotopic (exact) mass is 341 g/mol. The summed E-state index contributed by atoms with van der Waals surface area (Å²) in [7, 11) is 1.70. The van der Waals surface area contributed by atoms with Crippen LogP contribution in [0, 0.1) is 13.8 Å². The van der Waals surface area contributed by atoms with E-state index in [1.807, 2.05) is 6.07 Å². The highest BCUT2D eigenvalue weighted by Crippen LogP contribution is 2.24. The second-order valence-corrected chi connectivity index (χ2v) is 6.35. The molecule has 6 nitrogen and oxygen atoms in total. The van der Waals surface area contributed by atoms with Crippen LogP contribution in [0.4, 0.5) is 5.69 Å². The molecule has 3 aromatic rings. The molecule has 0 saturated heterocycles. The van der Waals surface area contributed by atoms with Crippen LogP contribution in [0.3, 0.4) is 0 Å². The van der Waals surface area contributed by atoms with Crippen molar-refractivity contribution in [3.63, 3.8) is 0 Å². The molecule has 24 heavy (non-hydrogen) atoms. The third-order valence-corrected chi connectivity index (χ3v) is 4.90. The van der Waals surface area contributed by atoms with Gasteiger partial charge in [0.15, 0.2) is 6.29 Å². The van der Waals surface area contributed by atoms with Gasteiger partial charge in [0.1, 0.15) is 5.69 Å². The summed E-state index contributed by atoms with van der Waals surface area (Å²) >= 11 is 1.53. The highest BCUT2D eigenvalue weighted by atomic mass is 32.1. The number of nitrogens with zero attached hydrogens (tertiary/aromatic N) is 2. The minimum atomic E-state index is -0.622. The number of aldehydes is 1. The van der Waals surface area contributed by atoms with Crippen LogP contribution in [-0.4, -0.2) is 27.5 Å². The maximum absolute atomic E-state index is 12.7. The van der Waals surface area contributed by atoms with Gasteiger partial charge in [-0.3, -0.25) is 14.4 Å². The van der Waals surface area contributed by atoms with Crippen molar-refractivity contribution < 1.29 is 14.4 Å². The number of fused-ring (bicyclic) bond motifs is 1. The molecule has 0 radical (unpaired) electrons. The van der Waals surface area contributed by atoms with Crippen LogP contribution in [-0.2, 0) is 11.8 Å². The predicted molar refractivity (Wildman–Crippen MR) is 92.9 cm³/mol. The molecule has 0 atom stereocenters. The molecular formula is C17H15N3O3S. The fourth-order valence-corrected chi connectivity index (χ4v) is 3.51. The lowest BCUT2D eigenvalue weighted by Gasteiger charge is -2.08. The van der Waals surface area contributed by atoms with Gasteiger partial charge in [0.05, 0.1) is 15.7 Å². The standard InChI is InChI=1S/C17H15N3O3S/c1-9-15(13(22)7-21)10(2)20(3)16(9)17(23)19-11-4-5-14-12(6-11)18-8-24-14/h4-8H,1-3H3,(H,19,23). The average Bonchev–Trinajstić information content (AvgIpc) is 3.10. The van der Waals surface area contributed by atoms with Crippen LogP contribution in [0.2, 0.25) is 0 Å².